The average Bonchev–Trinajstić information content (AvgIpc) is 3.10. The maximum Gasteiger partial charge on any atom is 0.322 e. The van der Waals surface area contributed by atoms with E-state index in [1.807, 2.05) is 18.2 Å². The first kappa shape index (κ1) is 19.4. The minimum absolute atomic E-state index is 0.428. The van der Waals surface area contributed by atoms with Gasteiger partial charge < -0.3 is 10.4 Å². The number of hydrogen-bond donors (Lipinski definition) is 2. The molecule has 8 heteroatoms. The number of benzene rings is 2. The van der Waals surface area contributed by atoms with Crippen LogP contribution in [0.3, 0.4) is 0 Å². The molecule has 1 amide bonds. The molecule has 0 radical (unpaired) electrons. The van der Waals surface area contributed by atoms with Crippen molar-refractivity contribution >= 4 is 46.4 Å². The quantitative estimate of drug-likeness (QED) is 0.617. The summed E-state index contributed by atoms with van der Waals surface area (Å²) in [7, 11) is 0. The second-order valence-electron chi connectivity index (χ2n) is 5.66. The second-order valence-corrected chi connectivity index (χ2v) is 7.36. The first-order chi connectivity index (χ1) is 13.0. The Morgan fingerprint density at radius 3 is 2.56 bits per heavy atom. The number of carboxylic acid groups (broad SMARTS) is 1. The minimum Gasteiger partial charge on any atom is -0.480 e. The maximum atomic E-state index is 12.7. The van der Waals surface area contributed by atoms with Gasteiger partial charge in [0, 0.05) is 16.0 Å². The summed E-state index contributed by atoms with van der Waals surface area (Å²) < 4.78 is 0. The van der Waals surface area contributed by atoms with Gasteiger partial charge in [0.1, 0.15) is 17.5 Å². The molecule has 2 N–H and O–H groups in total. The second kappa shape index (κ2) is 8.52. The van der Waals surface area contributed by atoms with E-state index in [1.165, 1.54) is 11.3 Å². The van der Waals surface area contributed by atoms with E-state index in [2.05, 4.69) is 10.3 Å². The van der Waals surface area contributed by atoms with Gasteiger partial charge in [-0.1, -0.05) is 53.5 Å². The first-order valence-corrected chi connectivity index (χ1v) is 9.54. The number of rotatable bonds is 6. The zero-order valence-corrected chi connectivity index (χ0v) is 16.2. The lowest BCUT2D eigenvalue weighted by Gasteiger charge is -2.14. The number of hydrogen-bond acceptors (Lipinski definition) is 4. The minimum atomic E-state index is -1.11. The van der Waals surface area contributed by atoms with E-state index < -0.39 is 24.3 Å². The van der Waals surface area contributed by atoms with Crippen LogP contribution in [0.25, 0.3) is 10.6 Å². The molecule has 5 nitrogen and oxygen atoms in total. The Morgan fingerprint density at radius 1 is 1.15 bits per heavy atom. The van der Waals surface area contributed by atoms with Gasteiger partial charge in [-0.05, 0) is 23.8 Å². The summed E-state index contributed by atoms with van der Waals surface area (Å²) in [6, 6.07) is 14.2. The van der Waals surface area contributed by atoms with E-state index in [0.29, 0.717) is 20.7 Å². The van der Waals surface area contributed by atoms with Crippen LogP contribution in [0.2, 0.25) is 10.0 Å². The number of halogens is 2. The molecule has 0 aliphatic rings. The van der Waals surface area contributed by atoms with Crippen molar-refractivity contribution in [1.82, 2.24) is 10.3 Å². The SMILES string of the molecule is O=C(O)CNC(=O)C(c1ccccc1)c1csc(-c2ccc(Cl)cc2Cl)n1. The van der Waals surface area contributed by atoms with Gasteiger partial charge in [-0.25, -0.2) is 4.98 Å². The number of nitrogens with zero attached hydrogens (tertiary/aromatic N) is 1. The monoisotopic (exact) mass is 420 g/mol. The Hall–Kier alpha value is -2.41. The Labute approximate surface area is 169 Å². The molecule has 0 spiro atoms. The molecule has 1 unspecified atom stereocenters. The van der Waals surface area contributed by atoms with Crippen molar-refractivity contribution in [2.75, 3.05) is 6.54 Å². The van der Waals surface area contributed by atoms with Gasteiger partial charge in [0.25, 0.3) is 0 Å². The van der Waals surface area contributed by atoms with Gasteiger partial charge in [0.15, 0.2) is 0 Å². The molecule has 2 aromatic carbocycles. The van der Waals surface area contributed by atoms with Crippen molar-refractivity contribution < 1.29 is 14.7 Å². The molecule has 0 fully saturated rings. The highest BCUT2D eigenvalue weighted by Crippen LogP contribution is 2.35. The molecule has 0 saturated carbocycles. The van der Waals surface area contributed by atoms with Gasteiger partial charge in [-0.3, -0.25) is 9.59 Å². The number of aromatic nitrogens is 1. The summed E-state index contributed by atoms with van der Waals surface area (Å²) >= 11 is 13.5. The molecule has 0 aliphatic carbocycles. The average molecular weight is 421 g/mol. The van der Waals surface area contributed by atoms with Crippen molar-refractivity contribution in [3.05, 3.63) is 75.2 Å². The van der Waals surface area contributed by atoms with Crippen LogP contribution < -0.4 is 5.32 Å². The van der Waals surface area contributed by atoms with Crippen LogP contribution in [-0.2, 0) is 9.59 Å². The number of nitrogens with one attached hydrogen (secondary N) is 1. The molecular formula is C19H14Cl2N2O3S. The van der Waals surface area contributed by atoms with Crippen molar-refractivity contribution in [2.45, 2.75) is 5.92 Å². The molecule has 27 heavy (non-hydrogen) atoms. The summed E-state index contributed by atoms with van der Waals surface area (Å²) in [6.07, 6.45) is 0. The fourth-order valence-corrected chi connectivity index (χ4v) is 4.01. The van der Waals surface area contributed by atoms with E-state index in [9.17, 15) is 9.59 Å². The standard InChI is InChI=1S/C19H14Cl2N2O3S/c20-12-6-7-13(14(21)8-12)19-23-15(10-27-19)17(11-4-2-1-3-5-11)18(26)22-9-16(24)25/h1-8,10,17H,9H2,(H,22,26)(H,24,25). The third-order valence-electron chi connectivity index (χ3n) is 3.79. The van der Waals surface area contributed by atoms with Gasteiger partial charge in [0.2, 0.25) is 5.91 Å². The third-order valence-corrected chi connectivity index (χ3v) is 5.23. The first-order valence-electron chi connectivity index (χ1n) is 7.91. The Bertz CT molecular complexity index is 976. The van der Waals surface area contributed by atoms with Crippen molar-refractivity contribution in [3.8, 4) is 10.6 Å². The normalized spacial score (nSPS) is 11.8. The van der Waals surface area contributed by atoms with Gasteiger partial charge in [-0.2, -0.15) is 0 Å². The number of carbonyl (C=O) groups excluding carboxylic acids is 1. The van der Waals surface area contributed by atoms with Crippen LogP contribution in [0.5, 0.6) is 0 Å². The lowest BCUT2D eigenvalue weighted by molar-refractivity contribution is -0.138. The number of aliphatic carboxylic acids is 1. The summed E-state index contributed by atoms with van der Waals surface area (Å²) in [5.41, 5.74) is 1.96. The molecule has 3 aromatic rings. The van der Waals surface area contributed by atoms with E-state index in [1.54, 1.807) is 35.7 Å². The highest BCUT2D eigenvalue weighted by molar-refractivity contribution is 7.13. The van der Waals surface area contributed by atoms with E-state index in [-0.39, 0.29) is 0 Å². The molecule has 1 heterocycles. The van der Waals surface area contributed by atoms with Crippen LogP contribution in [0.15, 0.2) is 53.9 Å². The van der Waals surface area contributed by atoms with Crippen molar-refractivity contribution in [2.24, 2.45) is 0 Å². The zero-order valence-electron chi connectivity index (χ0n) is 13.9. The molecule has 1 aromatic heterocycles. The van der Waals surface area contributed by atoms with Gasteiger partial charge in [0.05, 0.1) is 10.7 Å². The van der Waals surface area contributed by atoms with Crippen LogP contribution >= 0.6 is 34.5 Å². The number of carboxylic acids is 1. The van der Waals surface area contributed by atoms with Crippen molar-refractivity contribution in [1.29, 1.82) is 0 Å². The van der Waals surface area contributed by atoms with Crippen LogP contribution in [0, 0.1) is 0 Å². The molecular weight excluding hydrogens is 407 g/mol. The lowest BCUT2D eigenvalue weighted by atomic mass is 9.95. The smallest absolute Gasteiger partial charge is 0.322 e. The maximum absolute atomic E-state index is 12.7. The summed E-state index contributed by atoms with van der Waals surface area (Å²) in [5, 5.41) is 14.7. The molecule has 0 saturated heterocycles. The molecule has 0 aliphatic heterocycles. The molecule has 138 valence electrons. The Kier molecular flexibility index (Phi) is 6.11. The Balaban J connectivity index is 1.97. The number of thiazole rings is 1. The Morgan fingerprint density at radius 2 is 1.89 bits per heavy atom. The fraction of sp³-hybridized carbons (Fsp3) is 0.105. The molecule has 3 rings (SSSR count). The summed E-state index contributed by atoms with van der Waals surface area (Å²) in [6.45, 7) is -0.456. The summed E-state index contributed by atoms with van der Waals surface area (Å²) in [4.78, 5) is 28.0. The highest BCUT2D eigenvalue weighted by atomic mass is 35.5. The highest BCUT2D eigenvalue weighted by Gasteiger charge is 2.26. The van der Waals surface area contributed by atoms with Crippen LogP contribution in [0.1, 0.15) is 17.2 Å². The predicted octanol–water partition coefficient (Wildman–Crippen LogP) is 4.45. The van der Waals surface area contributed by atoms with Crippen LogP contribution in [-0.4, -0.2) is 28.5 Å². The van der Waals surface area contributed by atoms with E-state index in [0.717, 1.165) is 11.1 Å². The van der Waals surface area contributed by atoms with Crippen molar-refractivity contribution in [3.63, 3.8) is 0 Å². The number of carbonyl (C=O) groups is 2. The van der Waals surface area contributed by atoms with E-state index in [4.69, 9.17) is 28.3 Å². The van der Waals surface area contributed by atoms with E-state index >= 15 is 0 Å². The fourth-order valence-electron chi connectivity index (χ4n) is 2.57. The van der Waals surface area contributed by atoms with Crippen LogP contribution in [0.4, 0.5) is 0 Å². The topological polar surface area (TPSA) is 79.3 Å². The predicted molar refractivity (Wildman–Crippen MR) is 107 cm³/mol. The van der Waals surface area contributed by atoms with Gasteiger partial charge >= 0.3 is 5.97 Å². The summed E-state index contributed by atoms with van der Waals surface area (Å²) in [5.74, 6) is -2.26. The number of amides is 1. The van der Waals surface area contributed by atoms with Gasteiger partial charge in [-0.15, -0.1) is 11.3 Å². The third kappa shape index (κ3) is 4.66. The molecule has 0 bridgehead atoms. The largest absolute Gasteiger partial charge is 0.480 e. The molecule has 1 atom stereocenters. The zero-order chi connectivity index (χ0) is 19.4. The lowest BCUT2D eigenvalue weighted by Crippen LogP contribution is -2.34.